The van der Waals surface area contributed by atoms with Crippen LogP contribution in [0.25, 0.3) is 10.8 Å². The van der Waals surface area contributed by atoms with Crippen LogP contribution < -0.4 is 4.90 Å². The predicted molar refractivity (Wildman–Crippen MR) is 119 cm³/mol. The fourth-order valence-corrected chi connectivity index (χ4v) is 4.58. The number of hydrogen-bond acceptors (Lipinski definition) is 1. The van der Waals surface area contributed by atoms with E-state index in [4.69, 9.17) is 0 Å². The molecular weight excluding hydrogens is 373 g/mol. The van der Waals surface area contributed by atoms with Crippen molar-refractivity contribution in [2.75, 3.05) is 4.90 Å². The second-order valence-electron chi connectivity index (χ2n) is 8.00. The van der Waals surface area contributed by atoms with Gasteiger partial charge in [-0.3, -0.25) is 4.79 Å². The molecule has 1 aliphatic rings. The highest BCUT2D eigenvalue weighted by Crippen LogP contribution is 2.44. The maximum atomic E-state index is 14.0. The highest BCUT2D eigenvalue weighted by Gasteiger charge is 2.33. The van der Waals surface area contributed by atoms with Crippen LogP contribution in [-0.4, -0.2) is 5.91 Å². The van der Waals surface area contributed by atoms with Crippen molar-refractivity contribution in [3.63, 3.8) is 0 Å². The maximum Gasteiger partial charge on any atom is 0.228 e. The molecule has 5 rings (SSSR count). The minimum absolute atomic E-state index is 0.0635. The van der Waals surface area contributed by atoms with E-state index in [2.05, 4.69) is 43.3 Å². The zero-order valence-electron chi connectivity index (χ0n) is 16.8. The fourth-order valence-electron chi connectivity index (χ4n) is 4.58. The van der Waals surface area contributed by atoms with E-state index in [9.17, 15) is 9.18 Å². The van der Waals surface area contributed by atoms with E-state index >= 15 is 0 Å². The van der Waals surface area contributed by atoms with Crippen molar-refractivity contribution in [2.45, 2.75) is 25.8 Å². The molecular formula is C27H22FNO. The second-order valence-corrected chi connectivity index (χ2v) is 8.00. The Balaban J connectivity index is 1.69. The van der Waals surface area contributed by atoms with Crippen LogP contribution in [0.15, 0.2) is 84.9 Å². The first kappa shape index (κ1) is 18.6. The number of amides is 1. The molecule has 0 N–H and O–H groups in total. The normalized spacial score (nSPS) is 16.0. The molecule has 1 unspecified atom stereocenters. The first-order chi connectivity index (χ1) is 14.6. The van der Waals surface area contributed by atoms with Crippen LogP contribution in [0.3, 0.4) is 0 Å². The summed E-state index contributed by atoms with van der Waals surface area (Å²) in [4.78, 5) is 15.2. The van der Waals surface area contributed by atoms with E-state index in [1.807, 2.05) is 35.2 Å². The number of carbonyl (C=O) groups is 1. The lowest BCUT2D eigenvalue weighted by atomic mass is 9.81. The number of fused-ring (bicyclic) bond motifs is 3. The molecule has 148 valence electrons. The summed E-state index contributed by atoms with van der Waals surface area (Å²) in [6, 6.07) is 27.2. The number of nitrogens with zero attached hydrogens (tertiary/aromatic N) is 1. The third-order valence-electron chi connectivity index (χ3n) is 5.94. The standard InChI is InChI=1S/C27H22FNO/c1-18-6-4-7-19(14-18)17-29-25-13-12-20-8-2-3-11-23(20)27(25)24(16-26(29)30)21-9-5-10-22(28)15-21/h2-15,24H,16-17H2,1H3. The molecule has 30 heavy (non-hydrogen) atoms. The average Bonchev–Trinajstić information content (AvgIpc) is 2.75. The Morgan fingerprint density at radius 1 is 0.933 bits per heavy atom. The van der Waals surface area contributed by atoms with Crippen LogP contribution in [0, 0.1) is 12.7 Å². The van der Waals surface area contributed by atoms with E-state index < -0.39 is 0 Å². The van der Waals surface area contributed by atoms with Crippen molar-refractivity contribution in [3.8, 4) is 0 Å². The minimum Gasteiger partial charge on any atom is -0.308 e. The number of benzene rings is 4. The molecule has 1 amide bonds. The molecule has 1 aliphatic heterocycles. The Bertz CT molecular complexity index is 1260. The van der Waals surface area contributed by atoms with Crippen molar-refractivity contribution in [3.05, 3.63) is 113 Å². The van der Waals surface area contributed by atoms with Crippen molar-refractivity contribution < 1.29 is 9.18 Å². The summed E-state index contributed by atoms with van der Waals surface area (Å²) in [5.74, 6) is -0.375. The van der Waals surface area contributed by atoms with Gasteiger partial charge in [0.25, 0.3) is 0 Å². The van der Waals surface area contributed by atoms with Gasteiger partial charge in [0.2, 0.25) is 5.91 Å². The van der Waals surface area contributed by atoms with Crippen LogP contribution in [-0.2, 0) is 11.3 Å². The van der Waals surface area contributed by atoms with Gasteiger partial charge in [0, 0.05) is 18.0 Å². The third-order valence-corrected chi connectivity index (χ3v) is 5.94. The quantitative estimate of drug-likeness (QED) is 0.395. The van der Waals surface area contributed by atoms with Gasteiger partial charge in [-0.05, 0) is 52.6 Å². The van der Waals surface area contributed by atoms with Crippen LogP contribution in [0.5, 0.6) is 0 Å². The second kappa shape index (κ2) is 7.42. The highest BCUT2D eigenvalue weighted by atomic mass is 19.1. The molecule has 0 spiro atoms. The molecule has 4 aromatic carbocycles. The van der Waals surface area contributed by atoms with Crippen LogP contribution in [0.2, 0.25) is 0 Å². The molecule has 2 nitrogen and oxygen atoms in total. The summed E-state index contributed by atoms with van der Waals surface area (Å²) >= 11 is 0. The Kier molecular flexibility index (Phi) is 4.59. The Labute approximate surface area is 175 Å². The number of carbonyl (C=O) groups excluding carboxylic acids is 1. The summed E-state index contributed by atoms with van der Waals surface area (Å²) in [6.45, 7) is 2.59. The van der Waals surface area contributed by atoms with E-state index in [0.717, 1.165) is 33.2 Å². The van der Waals surface area contributed by atoms with Crippen molar-refractivity contribution in [2.24, 2.45) is 0 Å². The summed E-state index contributed by atoms with van der Waals surface area (Å²) in [7, 11) is 0. The molecule has 4 aromatic rings. The number of anilines is 1. The summed E-state index contributed by atoms with van der Waals surface area (Å²) in [6.07, 6.45) is 0.330. The first-order valence-corrected chi connectivity index (χ1v) is 10.2. The van der Waals surface area contributed by atoms with Gasteiger partial charge in [-0.15, -0.1) is 0 Å². The van der Waals surface area contributed by atoms with Gasteiger partial charge in [0.1, 0.15) is 5.82 Å². The molecule has 0 radical (unpaired) electrons. The average molecular weight is 395 g/mol. The van der Waals surface area contributed by atoms with Gasteiger partial charge in [-0.2, -0.15) is 0 Å². The van der Waals surface area contributed by atoms with Gasteiger partial charge >= 0.3 is 0 Å². The monoisotopic (exact) mass is 395 g/mol. The third kappa shape index (κ3) is 3.26. The van der Waals surface area contributed by atoms with Gasteiger partial charge in [0.05, 0.1) is 6.54 Å². The van der Waals surface area contributed by atoms with Crippen LogP contribution in [0.4, 0.5) is 10.1 Å². The zero-order chi connectivity index (χ0) is 20.7. The molecule has 0 bridgehead atoms. The van der Waals surface area contributed by atoms with Crippen molar-refractivity contribution >= 4 is 22.4 Å². The number of rotatable bonds is 3. The number of halogens is 1. The highest BCUT2D eigenvalue weighted by molar-refractivity contribution is 6.03. The summed E-state index contributed by atoms with van der Waals surface area (Å²) in [5.41, 5.74) is 5.14. The number of aryl methyl sites for hydroxylation is 1. The Hall–Kier alpha value is -3.46. The van der Waals surface area contributed by atoms with Crippen LogP contribution in [0.1, 0.15) is 34.6 Å². The molecule has 0 aromatic heterocycles. The van der Waals surface area contributed by atoms with Crippen LogP contribution >= 0.6 is 0 Å². The summed E-state index contributed by atoms with van der Waals surface area (Å²) < 4.78 is 14.0. The SMILES string of the molecule is Cc1cccc(CN2C(=O)CC(c3cccc(F)c3)c3c2ccc2ccccc32)c1. The molecule has 0 aliphatic carbocycles. The van der Waals surface area contributed by atoms with Gasteiger partial charge in [-0.1, -0.05) is 72.3 Å². The van der Waals surface area contributed by atoms with E-state index in [1.165, 1.54) is 11.6 Å². The topological polar surface area (TPSA) is 20.3 Å². The van der Waals surface area contributed by atoms with Gasteiger partial charge < -0.3 is 4.90 Å². The zero-order valence-corrected chi connectivity index (χ0v) is 16.8. The Morgan fingerprint density at radius 2 is 1.77 bits per heavy atom. The molecule has 1 atom stereocenters. The lowest BCUT2D eigenvalue weighted by Crippen LogP contribution is -2.36. The summed E-state index contributed by atoms with van der Waals surface area (Å²) in [5, 5.41) is 2.24. The first-order valence-electron chi connectivity index (χ1n) is 10.2. The maximum absolute atomic E-state index is 14.0. The van der Waals surface area contributed by atoms with E-state index in [-0.39, 0.29) is 17.6 Å². The van der Waals surface area contributed by atoms with E-state index in [1.54, 1.807) is 12.1 Å². The lowest BCUT2D eigenvalue weighted by molar-refractivity contribution is -0.119. The van der Waals surface area contributed by atoms with Crippen molar-refractivity contribution in [1.82, 2.24) is 0 Å². The van der Waals surface area contributed by atoms with Gasteiger partial charge in [-0.25, -0.2) is 4.39 Å². The molecule has 3 heteroatoms. The van der Waals surface area contributed by atoms with E-state index in [0.29, 0.717) is 13.0 Å². The van der Waals surface area contributed by atoms with Crippen molar-refractivity contribution in [1.29, 1.82) is 0 Å². The molecule has 1 heterocycles. The molecule has 0 saturated heterocycles. The smallest absolute Gasteiger partial charge is 0.228 e. The van der Waals surface area contributed by atoms with Gasteiger partial charge in [0.15, 0.2) is 0 Å². The fraction of sp³-hybridized carbons (Fsp3) is 0.148. The number of hydrogen-bond donors (Lipinski definition) is 0. The molecule has 0 saturated carbocycles. The largest absolute Gasteiger partial charge is 0.308 e. The molecule has 0 fully saturated rings. The predicted octanol–water partition coefficient (Wildman–Crippen LogP) is 6.36. The minimum atomic E-state index is -0.274. The lowest BCUT2D eigenvalue weighted by Gasteiger charge is -2.35. The Morgan fingerprint density at radius 3 is 2.60 bits per heavy atom.